The van der Waals surface area contributed by atoms with Gasteiger partial charge in [0.25, 0.3) is 0 Å². The molecule has 0 amide bonds. The van der Waals surface area contributed by atoms with E-state index in [4.69, 9.17) is 9.72 Å². The number of nitrogens with zero attached hydrogens (tertiary/aromatic N) is 4. The van der Waals surface area contributed by atoms with Gasteiger partial charge < -0.3 is 15.4 Å². The molecule has 6 rings (SSSR count). The second-order valence-corrected chi connectivity index (χ2v) is 9.90. The molecule has 1 aliphatic heterocycles. The topological polar surface area (TPSA) is 84.9 Å². The minimum atomic E-state index is -0.122. The molecular formula is C29H28N6O. The van der Waals surface area contributed by atoms with Gasteiger partial charge in [0.15, 0.2) is 0 Å². The van der Waals surface area contributed by atoms with E-state index in [9.17, 15) is 0 Å². The molecule has 0 saturated carbocycles. The van der Waals surface area contributed by atoms with Crippen molar-refractivity contribution >= 4 is 39.3 Å². The van der Waals surface area contributed by atoms with Gasteiger partial charge in [-0.05, 0) is 86.7 Å². The van der Waals surface area contributed by atoms with Gasteiger partial charge in [-0.3, -0.25) is 0 Å². The fourth-order valence-corrected chi connectivity index (χ4v) is 4.88. The molecule has 0 radical (unpaired) electrons. The third kappa shape index (κ3) is 3.96. The van der Waals surface area contributed by atoms with Crippen LogP contribution >= 0.6 is 0 Å². The van der Waals surface area contributed by atoms with E-state index in [0.717, 1.165) is 68.6 Å². The Kier molecular flexibility index (Phi) is 5.21. The molecule has 7 heteroatoms. The molecule has 0 aliphatic carbocycles. The standard InChI is InChI=1S/C29H28N6O/c1-17-5-8-22-26(25(17)19-6-9-23-20(13-19)15-31-28(30-4)35-23)32-16-33-27(22)34-21-7-10-24-18(14-21)11-12-29(2,3)36-24/h5-10,13-16H,11-12H2,1-4H3,(H,30,31,35)(H,32,33,34). The summed E-state index contributed by atoms with van der Waals surface area (Å²) in [6.07, 6.45) is 5.46. The lowest BCUT2D eigenvalue weighted by molar-refractivity contribution is 0.0847. The van der Waals surface area contributed by atoms with E-state index in [1.165, 1.54) is 5.56 Å². The molecule has 7 nitrogen and oxygen atoms in total. The predicted octanol–water partition coefficient (Wildman–Crippen LogP) is 6.44. The average molecular weight is 477 g/mol. The molecule has 0 unspecified atom stereocenters. The quantitative estimate of drug-likeness (QED) is 0.309. The first-order valence-corrected chi connectivity index (χ1v) is 12.2. The van der Waals surface area contributed by atoms with Crippen molar-refractivity contribution < 1.29 is 4.74 Å². The molecule has 36 heavy (non-hydrogen) atoms. The highest BCUT2D eigenvalue weighted by atomic mass is 16.5. The summed E-state index contributed by atoms with van der Waals surface area (Å²) in [4.78, 5) is 18.2. The van der Waals surface area contributed by atoms with Crippen LogP contribution in [0.15, 0.2) is 61.1 Å². The van der Waals surface area contributed by atoms with Gasteiger partial charge in [-0.1, -0.05) is 12.1 Å². The van der Waals surface area contributed by atoms with E-state index in [1.54, 1.807) is 6.33 Å². The Bertz CT molecular complexity index is 1630. The number of rotatable bonds is 4. The molecule has 3 heterocycles. The zero-order valence-electron chi connectivity index (χ0n) is 20.9. The molecule has 5 aromatic rings. The molecule has 1 aliphatic rings. The molecule has 3 aromatic carbocycles. The van der Waals surface area contributed by atoms with Gasteiger partial charge in [0.1, 0.15) is 23.5 Å². The highest BCUT2D eigenvalue weighted by Crippen LogP contribution is 2.37. The summed E-state index contributed by atoms with van der Waals surface area (Å²) >= 11 is 0. The van der Waals surface area contributed by atoms with Crippen LogP contribution in [0.3, 0.4) is 0 Å². The number of aromatic nitrogens is 4. The maximum atomic E-state index is 6.15. The van der Waals surface area contributed by atoms with Crippen LogP contribution in [0.2, 0.25) is 0 Å². The lowest BCUT2D eigenvalue weighted by atomic mass is 9.94. The van der Waals surface area contributed by atoms with Crippen molar-refractivity contribution in [3.63, 3.8) is 0 Å². The molecule has 0 fully saturated rings. The van der Waals surface area contributed by atoms with Gasteiger partial charge in [-0.2, -0.15) is 0 Å². The summed E-state index contributed by atoms with van der Waals surface area (Å²) < 4.78 is 6.15. The Balaban J connectivity index is 1.40. The van der Waals surface area contributed by atoms with E-state index >= 15 is 0 Å². The van der Waals surface area contributed by atoms with Crippen LogP contribution in [-0.4, -0.2) is 32.6 Å². The van der Waals surface area contributed by atoms with Crippen LogP contribution in [0.5, 0.6) is 5.75 Å². The number of hydrogen-bond acceptors (Lipinski definition) is 7. The summed E-state index contributed by atoms with van der Waals surface area (Å²) in [5, 5.41) is 8.47. The first kappa shape index (κ1) is 22.2. The van der Waals surface area contributed by atoms with Crippen molar-refractivity contribution in [1.29, 1.82) is 0 Å². The SMILES string of the molecule is CNc1ncc2cc(-c3c(C)ccc4c(Nc5ccc6c(c5)CCC(C)(C)O6)ncnc34)ccc2n1. The maximum absolute atomic E-state index is 6.15. The van der Waals surface area contributed by atoms with E-state index in [-0.39, 0.29) is 5.60 Å². The van der Waals surface area contributed by atoms with Crippen molar-refractivity contribution in [3.05, 3.63) is 72.2 Å². The number of fused-ring (bicyclic) bond motifs is 3. The van der Waals surface area contributed by atoms with Gasteiger partial charge in [0.05, 0.1) is 11.0 Å². The molecule has 0 spiro atoms. The Hall–Kier alpha value is -4.26. The van der Waals surface area contributed by atoms with Gasteiger partial charge in [-0.25, -0.2) is 19.9 Å². The molecule has 0 bridgehead atoms. The van der Waals surface area contributed by atoms with Crippen molar-refractivity contribution in [3.8, 4) is 16.9 Å². The zero-order valence-corrected chi connectivity index (χ0v) is 20.9. The first-order chi connectivity index (χ1) is 17.4. The lowest BCUT2D eigenvalue weighted by Crippen LogP contribution is -2.32. The van der Waals surface area contributed by atoms with Crippen LogP contribution in [0, 0.1) is 6.92 Å². The van der Waals surface area contributed by atoms with E-state index < -0.39 is 0 Å². The summed E-state index contributed by atoms with van der Waals surface area (Å²) in [7, 11) is 1.82. The number of anilines is 3. The number of hydrogen-bond donors (Lipinski definition) is 2. The van der Waals surface area contributed by atoms with E-state index in [2.05, 4.69) is 76.7 Å². The monoisotopic (exact) mass is 476 g/mol. The van der Waals surface area contributed by atoms with Crippen molar-refractivity contribution in [2.45, 2.75) is 39.2 Å². The summed E-state index contributed by atoms with van der Waals surface area (Å²) in [5.74, 6) is 2.35. The number of benzene rings is 3. The van der Waals surface area contributed by atoms with Crippen molar-refractivity contribution in [2.75, 3.05) is 17.7 Å². The van der Waals surface area contributed by atoms with Gasteiger partial charge >= 0.3 is 0 Å². The third-order valence-electron chi connectivity index (χ3n) is 6.81. The van der Waals surface area contributed by atoms with Crippen LogP contribution in [0.25, 0.3) is 32.9 Å². The molecule has 180 valence electrons. The van der Waals surface area contributed by atoms with E-state index in [1.807, 2.05) is 31.4 Å². The first-order valence-electron chi connectivity index (χ1n) is 12.2. The van der Waals surface area contributed by atoms with Crippen LogP contribution < -0.4 is 15.4 Å². The highest BCUT2D eigenvalue weighted by Gasteiger charge is 2.26. The number of nitrogens with one attached hydrogen (secondary N) is 2. The summed E-state index contributed by atoms with van der Waals surface area (Å²) in [6, 6.07) is 16.7. The Morgan fingerprint density at radius 1 is 0.972 bits per heavy atom. The van der Waals surface area contributed by atoms with Crippen molar-refractivity contribution in [2.24, 2.45) is 0 Å². The van der Waals surface area contributed by atoms with Crippen LogP contribution in [0.4, 0.5) is 17.5 Å². The highest BCUT2D eigenvalue weighted by molar-refractivity contribution is 6.02. The molecule has 2 aromatic heterocycles. The van der Waals surface area contributed by atoms with Crippen LogP contribution in [-0.2, 0) is 6.42 Å². The van der Waals surface area contributed by atoms with Gasteiger partial charge in [-0.15, -0.1) is 0 Å². The smallest absolute Gasteiger partial charge is 0.222 e. The average Bonchev–Trinajstić information content (AvgIpc) is 2.88. The van der Waals surface area contributed by atoms with Gasteiger partial charge in [0, 0.05) is 35.3 Å². The lowest BCUT2D eigenvalue weighted by Gasteiger charge is -2.32. The van der Waals surface area contributed by atoms with Crippen molar-refractivity contribution in [1.82, 2.24) is 19.9 Å². The minimum Gasteiger partial charge on any atom is -0.488 e. The second-order valence-electron chi connectivity index (χ2n) is 9.90. The Labute approximate surface area is 210 Å². The number of ether oxygens (including phenoxy) is 1. The molecule has 0 saturated heterocycles. The largest absolute Gasteiger partial charge is 0.488 e. The zero-order chi connectivity index (χ0) is 24.9. The maximum Gasteiger partial charge on any atom is 0.222 e. The third-order valence-corrected chi connectivity index (χ3v) is 6.81. The number of aryl methyl sites for hydroxylation is 2. The fraction of sp³-hybridized carbons (Fsp3) is 0.241. The summed E-state index contributed by atoms with van der Waals surface area (Å²) in [6.45, 7) is 6.38. The normalized spacial score (nSPS) is 14.3. The van der Waals surface area contributed by atoms with Gasteiger partial charge in [0.2, 0.25) is 5.95 Å². The van der Waals surface area contributed by atoms with Crippen LogP contribution in [0.1, 0.15) is 31.4 Å². The summed E-state index contributed by atoms with van der Waals surface area (Å²) in [5.41, 5.74) is 7.19. The Morgan fingerprint density at radius 3 is 2.72 bits per heavy atom. The molecule has 0 atom stereocenters. The van der Waals surface area contributed by atoms with E-state index in [0.29, 0.717) is 5.95 Å². The minimum absolute atomic E-state index is 0.122. The molecule has 2 N–H and O–H groups in total. The Morgan fingerprint density at radius 2 is 1.86 bits per heavy atom. The molecular weight excluding hydrogens is 448 g/mol. The second kappa shape index (κ2) is 8.45. The predicted molar refractivity (Wildman–Crippen MR) is 145 cm³/mol. The fourth-order valence-electron chi connectivity index (χ4n) is 4.88.